The Morgan fingerprint density at radius 3 is 2.11 bits per heavy atom. The van der Waals surface area contributed by atoms with E-state index in [0.29, 0.717) is 43.3 Å². The first kappa shape index (κ1) is 26.3. The lowest BCUT2D eigenvalue weighted by atomic mass is 9.93. The molecule has 6 rings (SSSR count). The van der Waals surface area contributed by atoms with Crippen molar-refractivity contribution in [3.8, 4) is 0 Å². The SMILES string of the molecule is C[C@@H]1Cc2cc(S(=O)(=O)N3CCC(C(=O)N4CCN(C5CCCCC5)CC4)CC3)ccc2N1C(=O)C1CC1. The van der Waals surface area contributed by atoms with E-state index < -0.39 is 10.0 Å². The van der Waals surface area contributed by atoms with Crippen molar-refractivity contribution in [3.05, 3.63) is 23.8 Å². The number of carbonyl (C=O) groups excluding carboxylic acids is 2. The van der Waals surface area contributed by atoms with Gasteiger partial charge in [-0.3, -0.25) is 14.5 Å². The van der Waals surface area contributed by atoms with Crippen LogP contribution in [-0.4, -0.2) is 85.7 Å². The van der Waals surface area contributed by atoms with Gasteiger partial charge in [-0.15, -0.1) is 0 Å². The summed E-state index contributed by atoms with van der Waals surface area (Å²) in [5.74, 6) is 0.424. The zero-order valence-electron chi connectivity index (χ0n) is 22.7. The van der Waals surface area contributed by atoms with E-state index in [1.54, 1.807) is 16.4 Å². The highest BCUT2D eigenvalue weighted by atomic mass is 32.2. The number of carbonyl (C=O) groups is 2. The van der Waals surface area contributed by atoms with E-state index >= 15 is 0 Å². The van der Waals surface area contributed by atoms with Gasteiger partial charge in [0.2, 0.25) is 21.8 Å². The molecular weight excluding hydrogens is 500 g/mol. The smallest absolute Gasteiger partial charge is 0.243 e. The topological polar surface area (TPSA) is 81.2 Å². The van der Waals surface area contributed by atoms with Gasteiger partial charge in [0.15, 0.2) is 0 Å². The first-order chi connectivity index (χ1) is 18.3. The molecule has 1 aromatic rings. The molecule has 0 aromatic heterocycles. The lowest BCUT2D eigenvalue weighted by Gasteiger charge is -2.42. The predicted octanol–water partition coefficient (Wildman–Crippen LogP) is 3.25. The Morgan fingerprint density at radius 2 is 1.45 bits per heavy atom. The third-order valence-corrected chi connectivity index (χ3v) is 11.5. The Balaban J connectivity index is 1.04. The number of fused-ring (bicyclic) bond motifs is 1. The van der Waals surface area contributed by atoms with Crippen LogP contribution in [0.1, 0.15) is 70.3 Å². The monoisotopic (exact) mass is 542 g/mol. The molecule has 2 saturated heterocycles. The molecule has 3 aliphatic heterocycles. The Kier molecular flexibility index (Phi) is 7.29. The van der Waals surface area contributed by atoms with Crippen LogP contribution in [0.15, 0.2) is 23.1 Å². The first-order valence-electron chi connectivity index (χ1n) is 14.8. The molecule has 2 saturated carbocycles. The summed E-state index contributed by atoms with van der Waals surface area (Å²) in [6.45, 7) is 6.30. The van der Waals surface area contributed by atoms with Gasteiger partial charge in [0, 0.05) is 68.9 Å². The molecule has 1 aromatic carbocycles. The van der Waals surface area contributed by atoms with Crippen LogP contribution in [0.25, 0.3) is 0 Å². The van der Waals surface area contributed by atoms with Crippen molar-refractivity contribution in [1.82, 2.24) is 14.1 Å². The highest BCUT2D eigenvalue weighted by molar-refractivity contribution is 7.89. The number of nitrogens with zero attached hydrogens (tertiary/aromatic N) is 4. The minimum Gasteiger partial charge on any atom is -0.340 e. The zero-order chi connectivity index (χ0) is 26.4. The van der Waals surface area contributed by atoms with Crippen LogP contribution in [0.2, 0.25) is 0 Å². The van der Waals surface area contributed by atoms with Crippen molar-refractivity contribution in [2.75, 3.05) is 44.2 Å². The minimum absolute atomic E-state index is 0.0577. The Morgan fingerprint density at radius 1 is 0.789 bits per heavy atom. The average molecular weight is 543 g/mol. The quantitative estimate of drug-likeness (QED) is 0.571. The summed E-state index contributed by atoms with van der Waals surface area (Å²) in [7, 11) is -3.64. The second kappa shape index (κ2) is 10.5. The molecule has 3 heterocycles. The van der Waals surface area contributed by atoms with Crippen molar-refractivity contribution in [2.45, 2.75) is 88.1 Å². The van der Waals surface area contributed by atoms with E-state index in [1.165, 1.54) is 32.1 Å². The van der Waals surface area contributed by atoms with E-state index in [1.807, 2.05) is 22.8 Å². The fourth-order valence-corrected chi connectivity index (χ4v) is 8.66. The maximum Gasteiger partial charge on any atom is 0.243 e. The number of sulfonamides is 1. The summed E-state index contributed by atoms with van der Waals surface area (Å²) in [6.07, 6.45) is 10.3. The number of anilines is 1. The zero-order valence-corrected chi connectivity index (χ0v) is 23.5. The predicted molar refractivity (Wildman–Crippen MR) is 146 cm³/mol. The molecule has 0 N–H and O–H groups in total. The maximum absolute atomic E-state index is 13.5. The Labute approximate surface area is 227 Å². The lowest BCUT2D eigenvalue weighted by molar-refractivity contribution is -0.139. The minimum atomic E-state index is -3.64. The molecule has 0 spiro atoms. The molecule has 0 bridgehead atoms. The van der Waals surface area contributed by atoms with Gasteiger partial charge in [-0.1, -0.05) is 19.3 Å². The third kappa shape index (κ3) is 5.02. The highest BCUT2D eigenvalue weighted by Gasteiger charge is 2.41. The van der Waals surface area contributed by atoms with Crippen LogP contribution in [0, 0.1) is 11.8 Å². The normalized spacial score (nSPS) is 26.5. The van der Waals surface area contributed by atoms with Gasteiger partial charge in [-0.25, -0.2) is 8.42 Å². The molecule has 0 unspecified atom stereocenters. The van der Waals surface area contributed by atoms with Gasteiger partial charge >= 0.3 is 0 Å². The molecular formula is C29H42N4O4S. The first-order valence-corrected chi connectivity index (χ1v) is 16.3. The maximum atomic E-state index is 13.5. The van der Waals surface area contributed by atoms with E-state index in [9.17, 15) is 18.0 Å². The number of hydrogen-bond acceptors (Lipinski definition) is 5. The van der Waals surface area contributed by atoms with E-state index in [0.717, 1.165) is 50.3 Å². The van der Waals surface area contributed by atoms with Crippen molar-refractivity contribution in [1.29, 1.82) is 0 Å². The fraction of sp³-hybridized carbons (Fsp3) is 0.724. The van der Waals surface area contributed by atoms with Gasteiger partial charge in [-0.2, -0.15) is 4.31 Å². The number of piperazine rings is 1. The number of rotatable bonds is 5. The molecule has 8 nitrogen and oxygen atoms in total. The van der Waals surface area contributed by atoms with E-state index in [-0.39, 0.29) is 29.7 Å². The molecule has 4 fully saturated rings. The average Bonchev–Trinajstić information content (AvgIpc) is 3.75. The third-order valence-electron chi connectivity index (χ3n) is 9.59. The largest absolute Gasteiger partial charge is 0.340 e. The molecule has 5 aliphatic rings. The Bertz CT molecular complexity index is 1160. The summed E-state index contributed by atoms with van der Waals surface area (Å²) < 4.78 is 28.6. The molecule has 1 atom stereocenters. The number of piperidine rings is 1. The van der Waals surface area contributed by atoms with Crippen molar-refractivity contribution >= 4 is 27.5 Å². The number of benzene rings is 1. The van der Waals surface area contributed by atoms with Crippen LogP contribution in [-0.2, 0) is 26.0 Å². The van der Waals surface area contributed by atoms with E-state index in [2.05, 4.69) is 4.90 Å². The summed E-state index contributed by atoms with van der Waals surface area (Å²) >= 11 is 0. The molecule has 2 aliphatic carbocycles. The van der Waals surface area contributed by atoms with Crippen molar-refractivity contribution < 1.29 is 18.0 Å². The molecule has 208 valence electrons. The summed E-state index contributed by atoms with van der Waals surface area (Å²) in [6, 6.07) is 5.99. The lowest BCUT2D eigenvalue weighted by Crippen LogP contribution is -2.54. The van der Waals surface area contributed by atoms with Gasteiger partial charge in [0.25, 0.3) is 0 Å². The summed E-state index contributed by atoms with van der Waals surface area (Å²) in [4.78, 5) is 32.8. The van der Waals surface area contributed by atoms with Gasteiger partial charge in [0.05, 0.1) is 4.90 Å². The molecule has 9 heteroatoms. The number of amides is 2. The summed E-state index contributed by atoms with van der Waals surface area (Å²) in [5, 5.41) is 0. The second-order valence-electron chi connectivity index (χ2n) is 12.2. The van der Waals surface area contributed by atoms with Crippen molar-refractivity contribution in [3.63, 3.8) is 0 Å². The summed E-state index contributed by atoms with van der Waals surface area (Å²) in [5.41, 5.74) is 1.80. The molecule has 0 radical (unpaired) electrons. The number of hydrogen-bond donors (Lipinski definition) is 0. The molecule has 2 amide bonds. The van der Waals surface area contributed by atoms with Crippen LogP contribution < -0.4 is 4.90 Å². The van der Waals surface area contributed by atoms with Gasteiger partial charge < -0.3 is 9.80 Å². The van der Waals surface area contributed by atoms with Crippen LogP contribution in [0.4, 0.5) is 5.69 Å². The van der Waals surface area contributed by atoms with Crippen LogP contribution in [0.3, 0.4) is 0 Å². The van der Waals surface area contributed by atoms with E-state index in [4.69, 9.17) is 0 Å². The second-order valence-corrected chi connectivity index (χ2v) is 14.1. The van der Waals surface area contributed by atoms with Crippen molar-refractivity contribution in [2.24, 2.45) is 11.8 Å². The van der Waals surface area contributed by atoms with Crippen LogP contribution >= 0.6 is 0 Å². The molecule has 38 heavy (non-hydrogen) atoms. The highest BCUT2D eigenvalue weighted by Crippen LogP contribution is 2.40. The Hall–Kier alpha value is -1.97. The van der Waals surface area contributed by atoms with Crippen LogP contribution in [0.5, 0.6) is 0 Å². The fourth-order valence-electron chi connectivity index (χ4n) is 7.13. The standard InChI is InChI=1S/C29H42N4O4S/c1-21-19-24-20-26(9-10-27(24)33(21)29(35)22-7-8-22)38(36,37)32-13-11-23(12-14-32)28(34)31-17-15-30(16-18-31)25-5-3-2-4-6-25/h9-10,20-23,25H,2-8,11-19H2,1H3/t21-/m1/s1. The van der Waals surface area contributed by atoms with Gasteiger partial charge in [0.1, 0.15) is 0 Å². The van der Waals surface area contributed by atoms with Gasteiger partial charge in [-0.05, 0) is 75.6 Å².